The third-order valence-electron chi connectivity index (χ3n) is 7.60. The number of allylic oxidation sites excluding steroid dienone is 1. The molecule has 14 nitrogen and oxygen atoms in total. The van der Waals surface area contributed by atoms with Gasteiger partial charge in [-0.3, -0.25) is 14.4 Å². The van der Waals surface area contributed by atoms with E-state index in [-0.39, 0.29) is 44.1 Å². The fourth-order valence-corrected chi connectivity index (χ4v) is 7.03. The Kier molecular flexibility index (Phi) is 10.5. The van der Waals surface area contributed by atoms with Crippen molar-refractivity contribution in [1.82, 2.24) is 13.9 Å². The van der Waals surface area contributed by atoms with Gasteiger partial charge >= 0.3 is 29.5 Å². The van der Waals surface area contributed by atoms with Crippen LogP contribution in [-0.4, -0.2) is 73.2 Å². The molecule has 2 aliphatic rings. The zero-order valence-corrected chi connectivity index (χ0v) is 28.0. The first kappa shape index (κ1) is 34.6. The van der Waals surface area contributed by atoms with Crippen molar-refractivity contribution in [3.63, 3.8) is 0 Å². The van der Waals surface area contributed by atoms with Crippen LogP contribution in [0.25, 0.3) is 5.69 Å². The van der Waals surface area contributed by atoms with Gasteiger partial charge in [-0.05, 0) is 62.7 Å². The summed E-state index contributed by atoms with van der Waals surface area (Å²) in [5.74, 6) is -0.294. The van der Waals surface area contributed by atoms with E-state index in [1.54, 1.807) is 36.4 Å². The summed E-state index contributed by atoms with van der Waals surface area (Å²) in [6.45, 7) is 5.51. The Morgan fingerprint density at radius 2 is 1.65 bits per heavy atom. The van der Waals surface area contributed by atoms with E-state index >= 15 is 0 Å². The van der Waals surface area contributed by atoms with Gasteiger partial charge in [0.1, 0.15) is 36.4 Å². The van der Waals surface area contributed by atoms with Gasteiger partial charge < -0.3 is 24.1 Å². The summed E-state index contributed by atoms with van der Waals surface area (Å²) in [5.41, 5.74) is 0.257. The number of Topliss-reactive ketones (excluding diaryl/α,β-unsaturated/α-hetero) is 1. The molecule has 1 atom stereocenters. The molecule has 0 fully saturated rings. The zero-order valence-electron chi connectivity index (χ0n) is 26.3. The van der Waals surface area contributed by atoms with Gasteiger partial charge in [0.15, 0.2) is 5.78 Å². The van der Waals surface area contributed by atoms with Gasteiger partial charge in [0, 0.05) is 28.7 Å². The first-order valence-electron chi connectivity index (χ1n) is 14.9. The van der Waals surface area contributed by atoms with Gasteiger partial charge in [-0.25, -0.2) is 28.3 Å². The average Bonchev–Trinajstić information content (AvgIpc) is 3.30. The lowest BCUT2D eigenvalue weighted by Crippen LogP contribution is -2.46. The fourth-order valence-electron chi connectivity index (χ4n) is 5.38. The van der Waals surface area contributed by atoms with Crippen molar-refractivity contribution in [2.24, 2.45) is 0 Å². The van der Waals surface area contributed by atoms with Crippen LogP contribution in [0.15, 0.2) is 63.7 Å². The van der Waals surface area contributed by atoms with Gasteiger partial charge in [-0.15, -0.1) is 0 Å². The molecule has 0 radical (unpaired) electrons. The molecular formula is C32H33N3O11S2. The first-order chi connectivity index (χ1) is 22.9. The lowest BCUT2D eigenvalue weighted by atomic mass is 9.83. The predicted molar refractivity (Wildman–Crippen MR) is 176 cm³/mol. The van der Waals surface area contributed by atoms with Crippen molar-refractivity contribution in [3.8, 4) is 17.2 Å². The molecule has 1 N–H and O–H groups in total. The van der Waals surface area contributed by atoms with Gasteiger partial charge in [0.25, 0.3) is 0 Å². The molecule has 5 rings (SSSR count). The topological polar surface area (TPSA) is 174 Å². The highest BCUT2D eigenvalue weighted by Gasteiger charge is 2.44. The Morgan fingerprint density at radius 1 is 0.958 bits per heavy atom. The lowest BCUT2D eigenvalue weighted by Gasteiger charge is -2.42. The minimum absolute atomic E-state index is 0.0640. The van der Waals surface area contributed by atoms with E-state index in [9.17, 15) is 28.8 Å². The maximum Gasteiger partial charge on any atom is 0.513 e. The Labute approximate surface area is 282 Å². The van der Waals surface area contributed by atoms with E-state index in [4.69, 9.17) is 24.1 Å². The molecule has 0 saturated carbocycles. The number of ketones is 1. The molecule has 48 heavy (non-hydrogen) atoms. The maximum absolute atomic E-state index is 13.9. The standard InChI is InChI=1S/C32H33N3O11S2/c1-19(36)20-4-6-21(7-5-20)34-29(40)33-13-12-24-28(35(33)30(34)41)23-9-8-22(18-25(23)46-32(24,2)3)45-31(42)44-15-17-48-47-16-14-43-27(39)11-10-26(37)38/h4-9,12,18,28H,10-11,13-17H2,1-3H3,(H,37,38). The number of carboxylic acid groups (broad SMARTS) is 1. The monoisotopic (exact) mass is 699 g/mol. The van der Waals surface area contributed by atoms with Crippen LogP contribution in [0, 0.1) is 0 Å². The number of carbonyl (C=O) groups is 4. The highest BCUT2D eigenvalue weighted by molar-refractivity contribution is 8.76. The van der Waals surface area contributed by atoms with E-state index in [1.165, 1.54) is 43.9 Å². The number of esters is 1. The smallest absolute Gasteiger partial charge is 0.483 e. The van der Waals surface area contributed by atoms with Gasteiger partial charge in [0.05, 0.1) is 25.1 Å². The quantitative estimate of drug-likeness (QED) is 0.0678. The number of hydrogen-bond acceptors (Lipinski definition) is 12. The van der Waals surface area contributed by atoms with Crippen molar-refractivity contribution in [2.75, 3.05) is 24.7 Å². The Morgan fingerprint density at radius 3 is 2.31 bits per heavy atom. The van der Waals surface area contributed by atoms with Crippen molar-refractivity contribution >= 4 is 45.5 Å². The second kappa shape index (κ2) is 14.6. The molecule has 0 amide bonds. The molecule has 254 valence electrons. The summed E-state index contributed by atoms with van der Waals surface area (Å²) >= 11 is 0. The van der Waals surface area contributed by atoms with Crippen LogP contribution < -0.4 is 20.9 Å². The number of nitrogens with zero attached hydrogens (tertiary/aromatic N) is 3. The molecule has 0 saturated heterocycles. The second-order valence-electron chi connectivity index (χ2n) is 11.3. The summed E-state index contributed by atoms with van der Waals surface area (Å²) in [6.07, 6.45) is 0.514. The summed E-state index contributed by atoms with van der Waals surface area (Å²) in [5, 5.41) is 8.58. The highest BCUT2D eigenvalue weighted by Crippen LogP contribution is 2.47. The van der Waals surface area contributed by atoms with E-state index < -0.39 is 41.1 Å². The number of carbonyl (C=O) groups excluding carboxylic acids is 3. The minimum atomic E-state index is -1.06. The Hall–Kier alpha value is -4.70. The summed E-state index contributed by atoms with van der Waals surface area (Å²) < 4.78 is 25.6. The number of ether oxygens (including phenoxy) is 4. The third kappa shape index (κ3) is 7.54. The number of benzene rings is 2. The summed E-state index contributed by atoms with van der Waals surface area (Å²) in [7, 11) is 2.81. The maximum atomic E-state index is 13.9. The Balaban J connectivity index is 1.22. The molecule has 0 spiro atoms. The van der Waals surface area contributed by atoms with Crippen LogP contribution >= 0.6 is 21.6 Å². The molecule has 2 aliphatic heterocycles. The molecule has 3 heterocycles. The van der Waals surface area contributed by atoms with Crippen molar-refractivity contribution in [1.29, 1.82) is 0 Å². The normalized spacial score (nSPS) is 15.6. The van der Waals surface area contributed by atoms with Gasteiger partial charge in [-0.2, -0.15) is 0 Å². The van der Waals surface area contributed by atoms with Crippen molar-refractivity contribution in [3.05, 3.63) is 86.2 Å². The van der Waals surface area contributed by atoms with Crippen LogP contribution in [0.3, 0.4) is 0 Å². The van der Waals surface area contributed by atoms with Crippen LogP contribution in [0.2, 0.25) is 0 Å². The molecule has 1 unspecified atom stereocenters. The zero-order chi connectivity index (χ0) is 34.6. The first-order valence-corrected chi connectivity index (χ1v) is 17.4. The molecule has 3 aromatic rings. The molecule has 0 bridgehead atoms. The average molecular weight is 700 g/mol. The number of hydrogen-bond donors (Lipinski definition) is 1. The summed E-state index contributed by atoms with van der Waals surface area (Å²) in [4.78, 5) is 73.3. The number of aliphatic carboxylic acids is 1. The fraction of sp³-hybridized carbons (Fsp3) is 0.375. The number of carboxylic acids is 1. The predicted octanol–water partition coefficient (Wildman–Crippen LogP) is 4.01. The third-order valence-corrected chi connectivity index (χ3v) is 9.93. The van der Waals surface area contributed by atoms with E-state index in [0.29, 0.717) is 34.1 Å². The number of fused-ring (bicyclic) bond motifs is 5. The number of rotatable bonds is 13. The second-order valence-corrected chi connectivity index (χ2v) is 14.0. The van der Waals surface area contributed by atoms with Gasteiger partial charge in [-0.1, -0.05) is 27.7 Å². The Bertz CT molecular complexity index is 1890. The summed E-state index contributed by atoms with van der Waals surface area (Å²) in [6, 6.07) is 10.4. The minimum Gasteiger partial charge on any atom is -0.483 e. The van der Waals surface area contributed by atoms with Crippen LogP contribution in [0.5, 0.6) is 11.5 Å². The molecule has 2 aromatic carbocycles. The van der Waals surface area contributed by atoms with Crippen molar-refractivity contribution in [2.45, 2.75) is 51.8 Å². The molecular weight excluding hydrogens is 666 g/mol. The van der Waals surface area contributed by atoms with E-state index in [1.807, 2.05) is 19.9 Å². The molecule has 0 aliphatic carbocycles. The van der Waals surface area contributed by atoms with E-state index in [0.717, 1.165) is 10.1 Å². The van der Waals surface area contributed by atoms with E-state index in [2.05, 4.69) is 0 Å². The van der Waals surface area contributed by atoms with Crippen LogP contribution in [0.4, 0.5) is 4.79 Å². The highest BCUT2D eigenvalue weighted by atomic mass is 33.1. The van der Waals surface area contributed by atoms with Gasteiger partial charge in [0.2, 0.25) is 0 Å². The number of aromatic nitrogens is 3. The van der Waals surface area contributed by atoms with Crippen LogP contribution in [0.1, 0.15) is 55.6 Å². The molecule has 1 aromatic heterocycles. The lowest BCUT2D eigenvalue weighted by molar-refractivity contribution is -0.147. The molecule has 16 heteroatoms. The van der Waals surface area contributed by atoms with Crippen molar-refractivity contribution < 1.29 is 43.2 Å². The van der Waals surface area contributed by atoms with Crippen LogP contribution in [-0.2, 0) is 25.6 Å². The SMILES string of the molecule is CC(=O)c1ccc(-n2c(=O)n3n(c2=O)C2C(=CC3)C(C)(C)Oc3cc(OC(=O)OCCSSCCOC(=O)CCC(=O)O)ccc32)cc1. The largest absolute Gasteiger partial charge is 0.513 e.